The Morgan fingerprint density at radius 1 is 1.29 bits per heavy atom. The first-order valence-electron chi connectivity index (χ1n) is 8.34. The number of aromatic nitrogens is 2. The third-order valence-corrected chi connectivity index (χ3v) is 4.40. The maximum absolute atomic E-state index is 12.2. The quantitative estimate of drug-likeness (QED) is 0.848. The minimum atomic E-state index is -0.0211. The molecule has 1 amide bonds. The van der Waals surface area contributed by atoms with Crippen LogP contribution in [0.1, 0.15) is 48.3 Å². The predicted octanol–water partition coefficient (Wildman–Crippen LogP) is 3.25. The monoisotopic (exact) mass is 329 g/mol. The molecule has 1 heterocycles. The molecule has 0 spiro atoms. The van der Waals surface area contributed by atoms with E-state index >= 15 is 0 Å². The van der Waals surface area contributed by atoms with Crippen LogP contribution < -0.4 is 10.1 Å². The highest BCUT2D eigenvalue weighted by Gasteiger charge is 2.17. The summed E-state index contributed by atoms with van der Waals surface area (Å²) in [6.45, 7) is 6.02. The molecule has 0 aliphatic carbocycles. The average molecular weight is 329 g/mol. The summed E-state index contributed by atoms with van der Waals surface area (Å²) in [6.07, 6.45) is 2.24. The summed E-state index contributed by atoms with van der Waals surface area (Å²) in [7, 11) is 3.58. The summed E-state index contributed by atoms with van der Waals surface area (Å²) < 4.78 is 7.01. The maximum atomic E-state index is 12.2. The molecule has 0 radical (unpaired) electrons. The summed E-state index contributed by atoms with van der Waals surface area (Å²) in [6, 6.07) is 7.97. The zero-order valence-corrected chi connectivity index (χ0v) is 15.2. The number of nitrogens with one attached hydrogen (secondary N) is 1. The smallest absolute Gasteiger partial charge is 0.220 e. The molecule has 0 saturated heterocycles. The van der Waals surface area contributed by atoms with Crippen LogP contribution in [-0.2, 0) is 18.3 Å². The molecule has 5 nitrogen and oxygen atoms in total. The second-order valence-electron chi connectivity index (χ2n) is 6.20. The molecule has 0 fully saturated rings. The summed E-state index contributed by atoms with van der Waals surface area (Å²) >= 11 is 0. The van der Waals surface area contributed by atoms with Crippen LogP contribution in [0.25, 0.3) is 0 Å². The van der Waals surface area contributed by atoms with Crippen molar-refractivity contribution in [2.75, 3.05) is 7.11 Å². The van der Waals surface area contributed by atoms with Crippen LogP contribution in [0.2, 0.25) is 0 Å². The zero-order valence-electron chi connectivity index (χ0n) is 15.2. The zero-order chi connectivity index (χ0) is 17.7. The number of hydrogen-bond acceptors (Lipinski definition) is 3. The number of aryl methyl sites for hydroxylation is 3. The lowest BCUT2D eigenvalue weighted by Crippen LogP contribution is -2.27. The van der Waals surface area contributed by atoms with Crippen molar-refractivity contribution in [3.05, 3.63) is 46.8 Å². The second-order valence-corrected chi connectivity index (χ2v) is 6.20. The van der Waals surface area contributed by atoms with Gasteiger partial charge in [-0.15, -0.1) is 0 Å². The van der Waals surface area contributed by atoms with Gasteiger partial charge in [0.2, 0.25) is 5.91 Å². The first kappa shape index (κ1) is 18.0. The van der Waals surface area contributed by atoms with Crippen LogP contribution in [0.15, 0.2) is 24.3 Å². The Kier molecular flexibility index (Phi) is 6.01. The standard InChI is InChI=1S/C19H27N3O2/c1-13(19-14(2)21-22(4)15(19)3)20-18(23)8-6-7-16-9-11-17(24-5)12-10-16/h9-13H,6-8H2,1-5H3,(H,20,23)/t13-/m0/s1. The lowest BCUT2D eigenvalue weighted by Gasteiger charge is -2.15. The van der Waals surface area contributed by atoms with Crippen molar-refractivity contribution in [2.45, 2.75) is 46.1 Å². The van der Waals surface area contributed by atoms with Gasteiger partial charge in [0.05, 0.1) is 18.8 Å². The average Bonchev–Trinajstić information content (AvgIpc) is 2.80. The van der Waals surface area contributed by atoms with Gasteiger partial charge < -0.3 is 10.1 Å². The Morgan fingerprint density at radius 3 is 2.50 bits per heavy atom. The van der Waals surface area contributed by atoms with Gasteiger partial charge in [0.15, 0.2) is 0 Å². The number of carbonyl (C=O) groups excluding carboxylic acids is 1. The van der Waals surface area contributed by atoms with Crippen LogP contribution in [-0.4, -0.2) is 22.8 Å². The largest absolute Gasteiger partial charge is 0.497 e. The van der Waals surface area contributed by atoms with Crippen molar-refractivity contribution in [3.8, 4) is 5.75 Å². The molecule has 1 aromatic carbocycles. The van der Waals surface area contributed by atoms with Crippen LogP contribution in [0.5, 0.6) is 5.75 Å². The number of nitrogens with zero attached hydrogens (tertiary/aromatic N) is 2. The summed E-state index contributed by atoms with van der Waals surface area (Å²) in [5, 5.41) is 7.49. The molecule has 0 unspecified atom stereocenters. The van der Waals surface area contributed by atoms with Gasteiger partial charge in [0.1, 0.15) is 5.75 Å². The van der Waals surface area contributed by atoms with Gasteiger partial charge in [-0.2, -0.15) is 5.10 Å². The van der Waals surface area contributed by atoms with Gasteiger partial charge in [-0.25, -0.2) is 0 Å². The van der Waals surface area contributed by atoms with Gasteiger partial charge in [0, 0.05) is 24.7 Å². The molecule has 1 aromatic heterocycles. The van der Waals surface area contributed by atoms with Crippen molar-refractivity contribution >= 4 is 5.91 Å². The Labute approximate surface area is 144 Å². The highest BCUT2D eigenvalue weighted by molar-refractivity contribution is 5.76. The number of methoxy groups -OCH3 is 1. The van der Waals surface area contributed by atoms with Gasteiger partial charge in [-0.05, 0) is 51.3 Å². The van der Waals surface area contributed by atoms with E-state index in [9.17, 15) is 4.79 Å². The van der Waals surface area contributed by atoms with Crippen molar-refractivity contribution in [1.29, 1.82) is 0 Å². The van der Waals surface area contributed by atoms with Crippen LogP contribution in [0.3, 0.4) is 0 Å². The molecule has 2 aromatic rings. The third-order valence-electron chi connectivity index (χ3n) is 4.40. The van der Waals surface area contributed by atoms with E-state index in [1.807, 2.05) is 56.8 Å². The summed E-state index contributed by atoms with van der Waals surface area (Å²) in [5.74, 6) is 0.936. The number of hydrogen-bond donors (Lipinski definition) is 1. The lowest BCUT2D eigenvalue weighted by molar-refractivity contribution is -0.121. The molecular weight excluding hydrogens is 302 g/mol. The van der Waals surface area contributed by atoms with Crippen LogP contribution in [0.4, 0.5) is 0 Å². The molecule has 0 bridgehead atoms. The van der Waals surface area contributed by atoms with E-state index in [1.54, 1.807) is 7.11 Å². The van der Waals surface area contributed by atoms with E-state index in [1.165, 1.54) is 5.56 Å². The number of benzene rings is 1. The van der Waals surface area contributed by atoms with Crippen molar-refractivity contribution < 1.29 is 9.53 Å². The molecule has 0 aliphatic heterocycles. The topological polar surface area (TPSA) is 56.1 Å². The molecule has 130 valence electrons. The minimum Gasteiger partial charge on any atom is -0.497 e. The van der Waals surface area contributed by atoms with E-state index in [4.69, 9.17) is 4.74 Å². The van der Waals surface area contributed by atoms with Crippen molar-refractivity contribution in [1.82, 2.24) is 15.1 Å². The van der Waals surface area contributed by atoms with Crippen LogP contribution >= 0.6 is 0 Å². The second kappa shape index (κ2) is 7.99. The fraction of sp³-hybridized carbons (Fsp3) is 0.474. The van der Waals surface area contributed by atoms with E-state index < -0.39 is 0 Å². The minimum absolute atomic E-state index is 0.0211. The van der Waals surface area contributed by atoms with Gasteiger partial charge >= 0.3 is 0 Å². The highest BCUT2D eigenvalue weighted by Crippen LogP contribution is 2.21. The number of rotatable bonds is 7. The molecule has 2 rings (SSSR count). The number of ether oxygens (including phenoxy) is 1. The molecule has 1 atom stereocenters. The molecule has 1 N–H and O–H groups in total. The Morgan fingerprint density at radius 2 is 1.96 bits per heavy atom. The van der Waals surface area contributed by atoms with E-state index in [-0.39, 0.29) is 11.9 Å². The van der Waals surface area contributed by atoms with Gasteiger partial charge in [-0.3, -0.25) is 9.48 Å². The lowest BCUT2D eigenvalue weighted by atomic mass is 10.1. The first-order valence-corrected chi connectivity index (χ1v) is 8.34. The molecule has 0 saturated carbocycles. The predicted molar refractivity (Wildman–Crippen MR) is 95.2 cm³/mol. The SMILES string of the molecule is COc1ccc(CCCC(=O)N[C@@H](C)c2c(C)nn(C)c2C)cc1. The summed E-state index contributed by atoms with van der Waals surface area (Å²) in [4.78, 5) is 12.2. The third kappa shape index (κ3) is 4.37. The molecule has 0 aliphatic rings. The Balaban J connectivity index is 1.82. The Hall–Kier alpha value is -2.30. The molecule has 24 heavy (non-hydrogen) atoms. The molecular formula is C19H27N3O2. The Bertz CT molecular complexity index is 689. The number of amides is 1. The van der Waals surface area contributed by atoms with Gasteiger partial charge in [-0.1, -0.05) is 12.1 Å². The molecule has 5 heteroatoms. The van der Waals surface area contributed by atoms with Crippen molar-refractivity contribution in [2.24, 2.45) is 7.05 Å². The van der Waals surface area contributed by atoms with Gasteiger partial charge in [0.25, 0.3) is 0 Å². The van der Waals surface area contributed by atoms with Crippen LogP contribution in [0, 0.1) is 13.8 Å². The normalized spacial score (nSPS) is 12.0. The number of carbonyl (C=O) groups is 1. The first-order chi connectivity index (χ1) is 11.4. The maximum Gasteiger partial charge on any atom is 0.220 e. The van der Waals surface area contributed by atoms with Crippen molar-refractivity contribution in [3.63, 3.8) is 0 Å². The van der Waals surface area contributed by atoms with E-state index in [0.29, 0.717) is 6.42 Å². The fourth-order valence-corrected chi connectivity index (χ4v) is 3.05. The highest BCUT2D eigenvalue weighted by atomic mass is 16.5. The summed E-state index contributed by atoms with van der Waals surface area (Å²) in [5.41, 5.74) is 4.40. The van der Waals surface area contributed by atoms with E-state index in [0.717, 1.165) is 35.5 Å². The van der Waals surface area contributed by atoms with E-state index in [2.05, 4.69) is 10.4 Å². The fourth-order valence-electron chi connectivity index (χ4n) is 3.05.